The third-order valence-electron chi connectivity index (χ3n) is 4.20. The van der Waals surface area contributed by atoms with Crippen LogP contribution in [0, 0.1) is 0 Å². The number of nitrogens with zero attached hydrogens (tertiary/aromatic N) is 2. The summed E-state index contributed by atoms with van der Waals surface area (Å²) >= 11 is 1.46. The number of amides is 1. The van der Waals surface area contributed by atoms with Crippen LogP contribution in [0.4, 0.5) is 5.69 Å². The Balaban J connectivity index is 1.89. The number of hydrazone groups is 1. The van der Waals surface area contributed by atoms with Gasteiger partial charge in [-0.25, -0.2) is 13.8 Å². The van der Waals surface area contributed by atoms with Crippen LogP contribution >= 0.6 is 11.3 Å². The molecule has 31 heavy (non-hydrogen) atoms. The van der Waals surface area contributed by atoms with E-state index in [2.05, 4.69) is 10.5 Å². The maximum Gasteiger partial charge on any atom is 0.264 e. The van der Waals surface area contributed by atoms with Crippen molar-refractivity contribution in [3.8, 4) is 11.5 Å². The topological polar surface area (TPSA) is 97.3 Å². The minimum absolute atomic E-state index is 0.0381. The van der Waals surface area contributed by atoms with Crippen molar-refractivity contribution in [2.75, 3.05) is 25.1 Å². The van der Waals surface area contributed by atoms with Crippen LogP contribution in [0.1, 0.15) is 4.88 Å². The molecule has 0 aliphatic heterocycles. The molecular weight excluding hydrogens is 438 g/mol. The van der Waals surface area contributed by atoms with Gasteiger partial charge in [0.1, 0.15) is 6.54 Å². The van der Waals surface area contributed by atoms with E-state index in [9.17, 15) is 13.2 Å². The Morgan fingerprint density at radius 2 is 1.81 bits per heavy atom. The third kappa shape index (κ3) is 5.41. The van der Waals surface area contributed by atoms with Crippen molar-refractivity contribution in [1.82, 2.24) is 5.43 Å². The van der Waals surface area contributed by atoms with Crippen molar-refractivity contribution in [3.63, 3.8) is 0 Å². The van der Waals surface area contributed by atoms with Crippen LogP contribution in [0.25, 0.3) is 0 Å². The van der Waals surface area contributed by atoms with Crippen LogP contribution in [-0.2, 0) is 14.8 Å². The fraction of sp³-hybridized carbons (Fsp3) is 0.143. The minimum atomic E-state index is -4.09. The average molecular weight is 460 g/mol. The van der Waals surface area contributed by atoms with Crippen LogP contribution in [0.2, 0.25) is 0 Å². The summed E-state index contributed by atoms with van der Waals surface area (Å²) in [5.74, 6) is 0.0793. The van der Waals surface area contributed by atoms with Gasteiger partial charge in [0.05, 0.1) is 31.0 Å². The first-order valence-electron chi connectivity index (χ1n) is 9.11. The number of para-hydroxylation sites is 1. The number of anilines is 1. The number of benzene rings is 2. The predicted octanol–water partition coefficient (Wildman–Crippen LogP) is 3.11. The second-order valence-electron chi connectivity index (χ2n) is 6.17. The van der Waals surface area contributed by atoms with E-state index in [1.54, 1.807) is 30.3 Å². The molecule has 162 valence electrons. The molecule has 0 fully saturated rings. The van der Waals surface area contributed by atoms with Crippen LogP contribution in [0.3, 0.4) is 0 Å². The summed E-state index contributed by atoms with van der Waals surface area (Å²) in [6.07, 6.45) is 1.50. The highest BCUT2D eigenvalue weighted by Crippen LogP contribution is 2.32. The zero-order valence-electron chi connectivity index (χ0n) is 16.9. The summed E-state index contributed by atoms with van der Waals surface area (Å²) in [5, 5.41) is 5.78. The number of rotatable bonds is 9. The summed E-state index contributed by atoms with van der Waals surface area (Å²) < 4.78 is 38.2. The van der Waals surface area contributed by atoms with Crippen LogP contribution in [0.15, 0.2) is 76.0 Å². The Kier molecular flexibility index (Phi) is 7.27. The van der Waals surface area contributed by atoms with Gasteiger partial charge in [-0.05, 0) is 35.7 Å². The molecule has 0 saturated heterocycles. The lowest BCUT2D eigenvalue weighted by molar-refractivity contribution is -0.119. The van der Waals surface area contributed by atoms with Crippen molar-refractivity contribution in [3.05, 3.63) is 70.9 Å². The SMILES string of the molecule is COc1ccc(S(=O)(=O)N(CC(=O)NN=Cc2cccs2)c2ccccc2)cc1OC. The van der Waals surface area contributed by atoms with Crippen molar-refractivity contribution in [2.45, 2.75) is 4.90 Å². The molecule has 1 amide bonds. The normalized spacial score (nSPS) is 11.3. The number of nitrogens with one attached hydrogen (secondary N) is 1. The van der Waals surface area contributed by atoms with E-state index in [0.29, 0.717) is 11.4 Å². The quantitative estimate of drug-likeness (QED) is 0.392. The summed E-state index contributed by atoms with van der Waals surface area (Å²) in [6.45, 7) is -0.456. The number of methoxy groups -OCH3 is 2. The molecule has 2 aromatic carbocycles. The second-order valence-corrected chi connectivity index (χ2v) is 9.01. The molecule has 0 aliphatic carbocycles. The summed E-state index contributed by atoms with van der Waals surface area (Å²) in [7, 11) is -1.21. The molecule has 1 heterocycles. The molecule has 0 saturated carbocycles. The first-order chi connectivity index (χ1) is 15.0. The second kappa shape index (κ2) is 10.1. The highest BCUT2D eigenvalue weighted by molar-refractivity contribution is 7.92. The van der Waals surface area contributed by atoms with Crippen LogP contribution in [0.5, 0.6) is 11.5 Å². The zero-order valence-corrected chi connectivity index (χ0v) is 18.5. The average Bonchev–Trinajstić information content (AvgIpc) is 3.31. The maximum atomic E-state index is 13.4. The van der Waals surface area contributed by atoms with Crippen molar-refractivity contribution in [2.24, 2.45) is 5.10 Å². The lowest BCUT2D eigenvalue weighted by Gasteiger charge is -2.24. The monoisotopic (exact) mass is 459 g/mol. The van der Waals surface area contributed by atoms with Gasteiger partial charge in [0, 0.05) is 10.9 Å². The number of sulfonamides is 1. The molecule has 3 rings (SSSR count). The number of hydrogen-bond acceptors (Lipinski definition) is 7. The molecule has 10 heteroatoms. The van der Waals surface area contributed by atoms with E-state index < -0.39 is 22.5 Å². The van der Waals surface area contributed by atoms with Gasteiger partial charge in [0.15, 0.2) is 11.5 Å². The van der Waals surface area contributed by atoms with Crippen molar-refractivity contribution in [1.29, 1.82) is 0 Å². The van der Waals surface area contributed by atoms with Gasteiger partial charge in [-0.3, -0.25) is 9.10 Å². The van der Waals surface area contributed by atoms with E-state index >= 15 is 0 Å². The Morgan fingerprint density at radius 1 is 1.06 bits per heavy atom. The first-order valence-corrected chi connectivity index (χ1v) is 11.4. The van der Waals surface area contributed by atoms with Gasteiger partial charge in [-0.1, -0.05) is 24.3 Å². The molecule has 3 aromatic rings. The number of thiophene rings is 1. The fourth-order valence-electron chi connectivity index (χ4n) is 2.71. The Bertz CT molecular complexity index is 1150. The van der Waals surface area contributed by atoms with E-state index in [1.165, 1.54) is 50.0 Å². The molecule has 1 N–H and O–H groups in total. The Labute approximate surface area is 184 Å². The van der Waals surface area contributed by atoms with E-state index in [1.807, 2.05) is 17.5 Å². The highest BCUT2D eigenvalue weighted by atomic mass is 32.2. The first kappa shape index (κ1) is 22.3. The predicted molar refractivity (Wildman–Crippen MR) is 121 cm³/mol. The zero-order chi connectivity index (χ0) is 22.3. The lowest BCUT2D eigenvalue weighted by atomic mass is 10.3. The van der Waals surface area contributed by atoms with Crippen molar-refractivity contribution >= 4 is 39.2 Å². The van der Waals surface area contributed by atoms with Gasteiger partial charge in [0.25, 0.3) is 15.9 Å². The molecular formula is C21H21N3O5S2. The maximum absolute atomic E-state index is 13.4. The molecule has 8 nitrogen and oxygen atoms in total. The molecule has 0 aliphatic rings. The number of carbonyl (C=O) groups excluding carboxylic acids is 1. The summed E-state index contributed by atoms with van der Waals surface area (Å²) in [4.78, 5) is 13.3. The van der Waals surface area contributed by atoms with E-state index in [-0.39, 0.29) is 10.6 Å². The van der Waals surface area contributed by atoms with Crippen molar-refractivity contribution < 1.29 is 22.7 Å². The van der Waals surface area contributed by atoms with Crippen LogP contribution in [-0.4, -0.2) is 41.3 Å². The van der Waals surface area contributed by atoms with Gasteiger partial charge in [-0.15, -0.1) is 11.3 Å². The Morgan fingerprint density at radius 3 is 2.45 bits per heavy atom. The van der Waals surface area contributed by atoms with Gasteiger partial charge in [0.2, 0.25) is 0 Å². The van der Waals surface area contributed by atoms with Gasteiger partial charge >= 0.3 is 0 Å². The van der Waals surface area contributed by atoms with E-state index in [4.69, 9.17) is 9.47 Å². The largest absolute Gasteiger partial charge is 0.493 e. The number of hydrogen-bond donors (Lipinski definition) is 1. The van der Waals surface area contributed by atoms with Gasteiger partial charge < -0.3 is 9.47 Å². The molecule has 0 radical (unpaired) electrons. The minimum Gasteiger partial charge on any atom is -0.493 e. The van der Waals surface area contributed by atoms with Gasteiger partial charge in [-0.2, -0.15) is 5.10 Å². The molecule has 0 unspecified atom stereocenters. The molecule has 0 atom stereocenters. The molecule has 0 spiro atoms. The van der Waals surface area contributed by atoms with E-state index in [0.717, 1.165) is 9.18 Å². The number of ether oxygens (including phenoxy) is 2. The fourth-order valence-corrected chi connectivity index (χ4v) is 4.73. The Hall–Kier alpha value is -3.37. The summed E-state index contributed by atoms with van der Waals surface area (Å²) in [5.41, 5.74) is 2.71. The standard InChI is InChI=1S/C21H21N3O5S2/c1-28-19-11-10-18(13-20(19)29-2)31(26,27)24(16-7-4-3-5-8-16)15-21(25)23-22-14-17-9-6-12-30-17/h3-14H,15H2,1-2H3,(H,23,25). The third-order valence-corrected chi connectivity index (χ3v) is 6.78. The molecule has 0 bridgehead atoms. The van der Waals surface area contributed by atoms with Crippen LogP contribution < -0.4 is 19.2 Å². The number of carbonyl (C=O) groups is 1. The lowest BCUT2D eigenvalue weighted by Crippen LogP contribution is -2.39. The smallest absolute Gasteiger partial charge is 0.264 e. The molecule has 1 aromatic heterocycles. The highest BCUT2D eigenvalue weighted by Gasteiger charge is 2.28. The summed E-state index contributed by atoms with van der Waals surface area (Å²) in [6, 6.07) is 16.3.